The van der Waals surface area contributed by atoms with Crippen molar-refractivity contribution in [2.75, 3.05) is 6.54 Å². The number of hydrogen-bond acceptors (Lipinski definition) is 2. The first-order valence-electron chi connectivity index (χ1n) is 6.27. The fourth-order valence-electron chi connectivity index (χ4n) is 1.97. The predicted octanol–water partition coefficient (Wildman–Crippen LogP) is 2.79. The van der Waals surface area contributed by atoms with E-state index < -0.39 is 5.54 Å². The standard InChI is InChI=1S/C14H18ClFN2O.ClH/c1-13(2,8-18-12(19)14(17)5-6-14)10-4-3-9(16)7-11(10)15;/h3-4,7H,5-6,8,17H2,1-2H3,(H,18,19);1H. The van der Waals surface area contributed by atoms with Gasteiger partial charge in [0, 0.05) is 17.0 Å². The highest BCUT2D eigenvalue weighted by Crippen LogP contribution is 2.33. The van der Waals surface area contributed by atoms with Crippen LogP contribution in [0, 0.1) is 5.82 Å². The van der Waals surface area contributed by atoms with E-state index in [-0.39, 0.29) is 29.5 Å². The smallest absolute Gasteiger partial charge is 0.240 e. The zero-order chi connectivity index (χ0) is 14.3. The lowest BCUT2D eigenvalue weighted by molar-refractivity contribution is -0.123. The molecule has 1 aliphatic rings. The average molecular weight is 321 g/mol. The largest absolute Gasteiger partial charge is 0.354 e. The molecule has 0 atom stereocenters. The van der Waals surface area contributed by atoms with Crippen molar-refractivity contribution in [3.05, 3.63) is 34.6 Å². The van der Waals surface area contributed by atoms with Crippen molar-refractivity contribution in [2.24, 2.45) is 5.73 Å². The van der Waals surface area contributed by atoms with Crippen LogP contribution in [-0.4, -0.2) is 18.0 Å². The van der Waals surface area contributed by atoms with E-state index in [1.165, 1.54) is 12.1 Å². The molecule has 0 aromatic heterocycles. The Bertz CT molecular complexity index is 516. The monoisotopic (exact) mass is 320 g/mol. The number of rotatable bonds is 4. The molecular formula is C14H19Cl2FN2O. The molecule has 2 rings (SSSR count). The molecule has 1 amide bonds. The Labute approximate surface area is 129 Å². The van der Waals surface area contributed by atoms with Gasteiger partial charge in [0.2, 0.25) is 5.91 Å². The summed E-state index contributed by atoms with van der Waals surface area (Å²) < 4.78 is 13.0. The molecule has 3 nitrogen and oxygen atoms in total. The van der Waals surface area contributed by atoms with Crippen LogP contribution in [0.15, 0.2) is 18.2 Å². The van der Waals surface area contributed by atoms with Crippen LogP contribution >= 0.6 is 24.0 Å². The van der Waals surface area contributed by atoms with Crippen LogP contribution in [0.3, 0.4) is 0 Å². The molecule has 1 aromatic carbocycles. The second kappa shape index (κ2) is 5.88. The van der Waals surface area contributed by atoms with Gasteiger partial charge in [-0.05, 0) is 30.5 Å². The van der Waals surface area contributed by atoms with Gasteiger partial charge in [-0.25, -0.2) is 4.39 Å². The molecule has 1 saturated carbocycles. The molecule has 20 heavy (non-hydrogen) atoms. The fraction of sp³-hybridized carbons (Fsp3) is 0.500. The number of nitrogens with two attached hydrogens (primary N) is 1. The molecule has 1 fully saturated rings. The van der Waals surface area contributed by atoms with Crippen LogP contribution in [0.2, 0.25) is 5.02 Å². The molecule has 6 heteroatoms. The third-order valence-electron chi connectivity index (χ3n) is 3.59. The molecular weight excluding hydrogens is 302 g/mol. The Morgan fingerprint density at radius 2 is 2.10 bits per heavy atom. The molecule has 0 bridgehead atoms. The minimum atomic E-state index is -0.678. The summed E-state index contributed by atoms with van der Waals surface area (Å²) in [5.41, 5.74) is 5.56. The Kier molecular flexibility index (Phi) is 5.06. The summed E-state index contributed by atoms with van der Waals surface area (Å²) in [5, 5.41) is 3.22. The maximum absolute atomic E-state index is 13.0. The van der Waals surface area contributed by atoms with Gasteiger partial charge in [-0.3, -0.25) is 4.79 Å². The van der Waals surface area contributed by atoms with E-state index in [4.69, 9.17) is 17.3 Å². The number of carbonyl (C=O) groups excluding carboxylic acids is 1. The van der Waals surface area contributed by atoms with Crippen LogP contribution in [0.1, 0.15) is 32.3 Å². The first kappa shape index (κ1) is 17.2. The third-order valence-corrected chi connectivity index (χ3v) is 3.90. The molecule has 112 valence electrons. The summed E-state index contributed by atoms with van der Waals surface area (Å²) in [6.07, 6.45) is 1.47. The number of carbonyl (C=O) groups is 1. The van der Waals surface area contributed by atoms with Gasteiger partial charge in [0.1, 0.15) is 5.82 Å². The van der Waals surface area contributed by atoms with Crippen molar-refractivity contribution in [1.29, 1.82) is 0 Å². The summed E-state index contributed by atoms with van der Waals surface area (Å²) >= 11 is 6.05. The highest BCUT2D eigenvalue weighted by Gasteiger charge is 2.46. The van der Waals surface area contributed by atoms with Gasteiger partial charge in [0.15, 0.2) is 0 Å². The maximum atomic E-state index is 13.0. The summed E-state index contributed by atoms with van der Waals surface area (Å²) in [6, 6.07) is 4.31. The average Bonchev–Trinajstić information content (AvgIpc) is 3.05. The van der Waals surface area contributed by atoms with E-state index in [2.05, 4.69) is 5.32 Å². The van der Waals surface area contributed by atoms with Crippen LogP contribution in [-0.2, 0) is 10.2 Å². The van der Waals surface area contributed by atoms with Gasteiger partial charge < -0.3 is 11.1 Å². The van der Waals surface area contributed by atoms with E-state index in [9.17, 15) is 9.18 Å². The lowest BCUT2D eigenvalue weighted by atomic mass is 9.84. The Morgan fingerprint density at radius 1 is 1.50 bits per heavy atom. The maximum Gasteiger partial charge on any atom is 0.240 e. The summed E-state index contributed by atoms with van der Waals surface area (Å²) in [5.74, 6) is -0.494. The van der Waals surface area contributed by atoms with Crippen molar-refractivity contribution < 1.29 is 9.18 Å². The second-order valence-corrected chi connectivity index (χ2v) is 6.25. The van der Waals surface area contributed by atoms with Gasteiger partial charge in [0.05, 0.1) is 5.54 Å². The van der Waals surface area contributed by atoms with Gasteiger partial charge in [-0.1, -0.05) is 31.5 Å². The van der Waals surface area contributed by atoms with Crippen molar-refractivity contribution in [3.63, 3.8) is 0 Å². The summed E-state index contributed by atoms with van der Waals surface area (Å²) in [4.78, 5) is 11.8. The minimum absolute atomic E-state index is 0. The number of amides is 1. The molecule has 3 N–H and O–H groups in total. The van der Waals surface area contributed by atoms with Gasteiger partial charge in [-0.15, -0.1) is 12.4 Å². The first-order valence-corrected chi connectivity index (χ1v) is 6.65. The molecule has 0 saturated heterocycles. The van der Waals surface area contributed by atoms with Crippen LogP contribution in [0.5, 0.6) is 0 Å². The van der Waals surface area contributed by atoms with Crippen molar-refractivity contribution in [1.82, 2.24) is 5.32 Å². The molecule has 0 radical (unpaired) electrons. The quantitative estimate of drug-likeness (QED) is 0.896. The zero-order valence-corrected chi connectivity index (χ0v) is 13.1. The fourth-order valence-corrected chi connectivity index (χ4v) is 2.40. The molecule has 1 aromatic rings. The first-order chi connectivity index (χ1) is 8.74. The number of halogens is 3. The minimum Gasteiger partial charge on any atom is -0.354 e. The van der Waals surface area contributed by atoms with Gasteiger partial charge in [-0.2, -0.15) is 0 Å². The summed E-state index contributed by atoms with van der Waals surface area (Å²) in [6.45, 7) is 4.31. The Morgan fingerprint density at radius 3 is 2.60 bits per heavy atom. The van der Waals surface area contributed by atoms with Crippen LogP contribution in [0.4, 0.5) is 4.39 Å². The van der Waals surface area contributed by atoms with E-state index >= 15 is 0 Å². The zero-order valence-electron chi connectivity index (χ0n) is 11.5. The van der Waals surface area contributed by atoms with Crippen molar-refractivity contribution in [3.8, 4) is 0 Å². The van der Waals surface area contributed by atoms with Crippen molar-refractivity contribution >= 4 is 29.9 Å². The highest BCUT2D eigenvalue weighted by molar-refractivity contribution is 6.31. The van der Waals surface area contributed by atoms with E-state index in [0.717, 1.165) is 18.4 Å². The molecule has 0 heterocycles. The predicted molar refractivity (Wildman–Crippen MR) is 80.8 cm³/mol. The number of nitrogens with one attached hydrogen (secondary N) is 1. The number of hydrogen-bond donors (Lipinski definition) is 2. The Balaban J connectivity index is 0.00000200. The Hall–Kier alpha value is -0.840. The highest BCUT2D eigenvalue weighted by atomic mass is 35.5. The van der Waals surface area contributed by atoms with Gasteiger partial charge >= 0.3 is 0 Å². The topological polar surface area (TPSA) is 55.1 Å². The molecule has 0 unspecified atom stereocenters. The molecule has 0 aliphatic heterocycles. The third kappa shape index (κ3) is 3.62. The SMILES string of the molecule is CC(C)(CNC(=O)C1(N)CC1)c1ccc(F)cc1Cl.Cl. The van der Waals surface area contributed by atoms with Crippen LogP contribution < -0.4 is 11.1 Å². The molecule has 0 spiro atoms. The lowest BCUT2D eigenvalue weighted by Gasteiger charge is -2.27. The van der Waals surface area contributed by atoms with Gasteiger partial charge in [0.25, 0.3) is 0 Å². The summed E-state index contributed by atoms with van der Waals surface area (Å²) in [7, 11) is 0. The van der Waals surface area contributed by atoms with E-state index in [1.807, 2.05) is 13.8 Å². The van der Waals surface area contributed by atoms with E-state index in [0.29, 0.717) is 11.6 Å². The lowest BCUT2D eigenvalue weighted by Crippen LogP contribution is -2.46. The number of benzene rings is 1. The normalized spacial score (nSPS) is 16.2. The van der Waals surface area contributed by atoms with Crippen molar-refractivity contribution in [2.45, 2.75) is 37.6 Å². The molecule has 1 aliphatic carbocycles. The van der Waals surface area contributed by atoms with Crippen LogP contribution in [0.25, 0.3) is 0 Å². The van der Waals surface area contributed by atoms with E-state index in [1.54, 1.807) is 6.07 Å². The second-order valence-electron chi connectivity index (χ2n) is 5.85.